The van der Waals surface area contributed by atoms with Gasteiger partial charge in [0.15, 0.2) is 9.84 Å². The molecular formula is C15H14N2O4S. The Bertz CT molecular complexity index is 987. The summed E-state index contributed by atoms with van der Waals surface area (Å²) in [5.74, 6) is -1.02. The van der Waals surface area contributed by atoms with Gasteiger partial charge in [-0.05, 0) is 36.1 Å². The highest BCUT2D eigenvalue weighted by Gasteiger charge is 2.26. The summed E-state index contributed by atoms with van der Waals surface area (Å²) in [6, 6.07) is 6.23. The molecule has 2 heterocycles. The van der Waals surface area contributed by atoms with Gasteiger partial charge in [0.05, 0.1) is 17.3 Å². The number of pyridine rings is 1. The number of hydrogen-bond donors (Lipinski definition) is 1. The highest BCUT2D eigenvalue weighted by molar-refractivity contribution is 7.94. The number of rotatable bonds is 2. The van der Waals surface area contributed by atoms with Gasteiger partial charge in [0.2, 0.25) is 0 Å². The number of aryl methyl sites for hydroxylation is 1. The van der Waals surface area contributed by atoms with Crippen LogP contribution in [0, 0.1) is 6.92 Å². The number of amides is 1. The van der Waals surface area contributed by atoms with Gasteiger partial charge in [-0.25, -0.2) is 8.42 Å². The molecule has 0 spiro atoms. The largest absolute Gasteiger partial charge is 0.365 e. The molecule has 2 N–H and O–H groups in total. The molecule has 0 bridgehead atoms. The fraction of sp³-hybridized carbons (Fsp3) is 0.200. The molecule has 1 aromatic heterocycles. The molecule has 0 saturated carbocycles. The summed E-state index contributed by atoms with van der Waals surface area (Å²) in [4.78, 5) is 24.1. The van der Waals surface area contributed by atoms with Crippen LogP contribution in [-0.4, -0.2) is 24.6 Å². The number of carbonyl (C=O) groups excluding carboxylic acids is 1. The molecule has 1 amide bonds. The molecule has 0 radical (unpaired) electrons. The minimum absolute atomic E-state index is 0.144. The summed E-state index contributed by atoms with van der Waals surface area (Å²) in [5, 5.41) is 1.76. The molecule has 7 heteroatoms. The van der Waals surface area contributed by atoms with Gasteiger partial charge in [-0.1, -0.05) is 12.1 Å². The van der Waals surface area contributed by atoms with Crippen LogP contribution < -0.4 is 11.3 Å². The number of primary amides is 1. The van der Waals surface area contributed by atoms with Crippen LogP contribution in [0.3, 0.4) is 0 Å². The minimum Gasteiger partial charge on any atom is -0.365 e. The second kappa shape index (κ2) is 4.81. The van der Waals surface area contributed by atoms with Gasteiger partial charge in [-0.3, -0.25) is 14.2 Å². The molecule has 3 rings (SSSR count). The van der Waals surface area contributed by atoms with Crippen molar-refractivity contribution < 1.29 is 13.2 Å². The molecule has 1 aliphatic heterocycles. The Kier molecular flexibility index (Phi) is 3.17. The van der Waals surface area contributed by atoms with Crippen molar-refractivity contribution in [1.29, 1.82) is 0 Å². The Hall–Kier alpha value is -2.41. The first-order chi connectivity index (χ1) is 10.3. The fourth-order valence-electron chi connectivity index (χ4n) is 2.67. The topological polar surface area (TPSA) is 99.2 Å². The third-order valence-corrected chi connectivity index (χ3v) is 5.08. The molecule has 1 aliphatic rings. The molecule has 2 aromatic rings. The number of fused-ring (bicyclic) bond motifs is 1. The molecule has 0 fully saturated rings. The molecule has 114 valence electrons. The Morgan fingerprint density at radius 3 is 2.64 bits per heavy atom. The first kappa shape index (κ1) is 14.5. The maximum Gasteiger partial charge on any atom is 0.264 e. The van der Waals surface area contributed by atoms with Crippen LogP contribution >= 0.6 is 0 Å². The zero-order valence-corrected chi connectivity index (χ0v) is 12.6. The van der Waals surface area contributed by atoms with Crippen molar-refractivity contribution in [2.24, 2.45) is 5.73 Å². The van der Waals surface area contributed by atoms with E-state index in [0.717, 1.165) is 11.0 Å². The zero-order chi connectivity index (χ0) is 16.1. The summed E-state index contributed by atoms with van der Waals surface area (Å²) >= 11 is 0. The Morgan fingerprint density at radius 2 is 2.05 bits per heavy atom. The number of benzene rings is 1. The van der Waals surface area contributed by atoms with Crippen molar-refractivity contribution in [3.05, 3.63) is 57.2 Å². The van der Waals surface area contributed by atoms with E-state index in [-0.39, 0.29) is 11.3 Å². The van der Waals surface area contributed by atoms with Gasteiger partial charge in [-0.2, -0.15) is 0 Å². The Morgan fingerprint density at radius 1 is 1.32 bits per heavy atom. The van der Waals surface area contributed by atoms with Gasteiger partial charge in [0, 0.05) is 5.41 Å². The SMILES string of the molecule is Cc1ccc2cc(C(N)=O)c(=O)n(C3C=CS(=O)(=O)C3)c2c1. The third-order valence-electron chi connectivity index (χ3n) is 3.70. The van der Waals surface area contributed by atoms with E-state index >= 15 is 0 Å². The van der Waals surface area contributed by atoms with Gasteiger partial charge >= 0.3 is 0 Å². The molecule has 0 aliphatic carbocycles. The standard InChI is InChI=1S/C15H14N2O4S/c1-9-2-3-10-7-12(14(16)18)15(19)17(13(10)6-9)11-4-5-22(20,21)8-11/h2-7,11H,8H2,1H3,(H2,16,18). The minimum atomic E-state index is -3.33. The predicted octanol–water partition coefficient (Wildman–Crippen LogP) is 0.892. The molecule has 22 heavy (non-hydrogen) atoms. The van der Waals surface area contributed by atoms with E-state index in [1.54, 1.807) is 12.1 Å². The normalized spacial score (nSPS) is 19.6. The van der Waals surface area contributed by atoms with Crippen molar-refractivity contribution in [2.75, 3.05) is 5.75 Å². The number of allylic oxidation sites excluding steroid dienone is 1. The lowest BCUT2D eigenvalue weighted by atomic mass is 10.1. The van der Waals surface area contributed by atoms with E-state index < -0.39 is 27.3 Å². The maximum absolute atomic E-state index is 12.6. The van der Waals surface area contributed by atoms with Crippen molar-refractivity contribution in [3.8, 4) is 0 Å². The van der Waals surface area contributed by atoms with Crippen molar-refractivity contribution in [1.82, 2.24) is 4.57 Å². The van der Waals surface area contributed by atoms with Gasteiger partial charge in [0.25, 0.3) is 11.5 Å². The van der Waals surface area contributed by atoms with Crippen LogP contribution in [0.1, 0.15) is 22.0 Å². The Balaban J connectivity index is 2.38. The van der Waals surface area contributed by atoms with E-state index in [1.807, 2.05) is 13.0 Å². The van der Waals surface area contributed by atoms with E-state index in [2.05, 4.69) is 0 Å². The number of sulfone groups is 1. The summed E-state index contributed by atoms with van der Waals surface area (Å²) in [6.45, 7) is 1.87. The van der Waals surface area contributed by atoms with E-state index in [0.29, 0.717) is 10.9 Å². The maximum atomic E-state index is 12.6. The van der Waals surface area contributed by atoms with Crippen molar-refractivity contribution >= 4 is 26.6 Å². The van der Waals surface area contributed by atoms with Crippen LogP contribution in [0.5, 0.6) is 0 Å². The summed E-state index contributed by atoms with van der Waals surface area (Å²) in [6.07, 6.45) is 1.46. The first-order valence-corrected chi connectivity index (χ1v) is 8.37. The summed E-state index contributed by atoms with van der Waals surface area (Å²) < 4.78 is 24.6. The van der Waals surface area contributed by atoms with Crippen molar-refractivity contribution in [2.45, 2.75) is 13.0 Å². The lowest BCUT2D eigenvalue weighted by Gasteiger charge is -2.16. The highest BCUT2D eigenvalue weighted by Crippen LogP contribution is 2.24. The van der Waals surface area contributed by atoms with Gasteiger partial charge < -0.3 is 5.73 Å². The quantitative estimate of drug-likeness (QED) is 0.889. The molecule has 1 atom stereocenters. The number of hydrogen-bond acceptors (Lipinski definition) is 4. The van der Waals surface area contributed by atoms with Crippen LogP contribution in [0.4, 0.5) is 0 Å². The lowest BCUT2D eigenvalue weighted by Crippen LogP contribution is -2.32. The molecule has 0 saturated heterocycles. The van der Waals surface area contributed by atoms with Crippen LogP contribution in [0.25, 0.3) is 10.9 Å². The van der Waals surface area contributed by atoms with Gasteiger partial charge in [-0.15, -0.1) is 0 Å². The third kappa shape index (κ3) is 2.33. The van der Waals surface area contributed by atoms with Crippen molar-refractivity contribution in [3.63, 3.8) is 0 Å². The molecule has 1 aromatic carbocycles. The molecule has 1 unspecified atom stereocenters. The second-order valence-corrected chi connectivity index (χ2v) is 7.32. The molecular weight excluding hydrogens is 304 g/mol. The smallest absolute Gasteiger partial charge is 0.264 e. The average Bonchev–Trinajstić information content (AvgIpc) is 2.77. The number of aromatic nitrogens is 1. The van der Waals surface area contributed by atoms with Crippen LogP contribution in [-0.2, 0) is 9.84 Å². The number of nitrogens with zero attached hydrogens (tertiary/aromatic N) is 1. The van der Waals surface area contributed by atoms with E-state index in [9.17, 15) is 18.0 Å². The number of carbonyl (C=O) groups is 1. The monoisotopic (exact) mass is 318 g/mol. The number of nitrogens with two attached hydrogens (primary N) is 1. The zero-order valence-electron chi connectivity index (χ0n) is 11.8. The fourth-order valence-corrected chi connectivity index (χ4v) is 3.93. The van der Waals surface area contributed by atoms with Crippen LogP contribution in [0.2, 0.25) is 0 Å². The Labute approximate surface area is 126 Å². The first-order valence-electron chi connectivity index (χ1n) is 6.65. The lowest BCUT2D eigenvalue weighted by molar-refractivity contribution is 0.0998. The summed E-state index contributed by atoms with van der Waals surface area (Å²) in [5.41, 5.74) is 6.06. The van der Waals surface area contributed by atoms with E-state index in [1.165, 1.54) is 16.7 Å². The average molecular weight is 318 g/mol. The van der Waals surface area contributed by atoms with Crippen LogP contribution in [0.15, 0.2) is 40.5 Å². The second-order valence-electron chi connectivity index (χ2n) is 5.39. The summed E-state index contributed by atoms with van der Waals surface area (Å²) in [7, 11) is -3.33. The highest BCUT2D eigenvalue weighted by atomic mass is 32.2. The van der Waals surface area contributed by atoms with Gasteiger partial charge in [0.1, 0.15) is 5.56 Å². The van der Waals surface area contributed by atoms with E-state index in [4.69, 9.17) is 5.73 Å². The predicted molar refractivity (Wildman–Crippen MR) is 83.4 cm³/mol. The molecule has 6 nitrogen and oxygen atoms in total.